The summed E-state index contributed by atoms with van der Waals surface area (Å²) < 4.78 is 0. The highest BCUT2D eigenvalue weighted by Crippen LogP contribution is 2.22. The minimum Gasteiger partial charge on any atom is -0.395 e. The molecule has 6 heteroatoms. The second-order valence-electron chi connectivity index (χ2n) is 6.75. The largest absolute Gasteiger partial charge is 0.395 e. The number of anilines is 2. The van der Waals surface area contributed by atoms with E-state index in [1.54, 1.807) is 0 Å². The fraction of sp³-hybridized carbons (Fsp3) is 0.450. The normalized spacial score (nSPS) is 20.5. The van der Waals surface area contributed by atoms with E-state index in [0.717, 1.165) is 44.2 Å². The van der Waals surface area contributed by atoms with Crippen molar-refractivity contribution in [3.8, 4) is 0 Å². The number of guanidine groups is 1. The first-order valence-corrected chi connectivity index (χ1v) is 9.25. The number of hydrogen-bond donors (Lipinski definition) is 2. The number of piperazine rings is 1. The molecule has 1 fully saturated rings. The van der Waals surface area contributed by atoms with Gasteiger partial charge in [0, 0.05) is 50.3 Å². The molecule has 0 aliphatic carbocycles. The van der Waals surface area contributed by atoms with Crippen LogP contribution in [0.2, 0.25) is 0 Å². The molecule has 0 radical (unpaired) electrons. The zero-order valence-corrected chi connectivity index (χ0v) is 15.5. The van der Waals surface area contributed by atoms with Gasteiger partial charge in [-0.25, -0.2) is 4.99 Å². The molecule has 2 N–H and O–H groups in total. The van der Waals surface area contributed by atoms with Crippen LogP contribution in [0, 0.1) is 0 Å². The SMILES string of the molecule is C=CCC1C=CN=C(N(CCO)c2ccc(N3CCN(C)CC3)cc2)N1. The molecular weight excluding hydrogens is 326 g/mol. The highest BCUT2D eigenvalue weighted by atomic mass is 16.3. The standard InChI is InChI=1S/C20H29N5O/c1-3-4-17-9-10-21-20(22-17)25(15-16-26)19-7-5-18(6-8-19)24-13-11-23(2)12-14-24/h3,5-10,17,26H,1,4,11-16H2,2H3,(H,21,22). The average Bonchev–Trinajstić information content (AvgIpc) is 2.67. The van der Waals surface area contributed by atoms with Crippen molar-refractivity contribution in [1.82, 2.24) is 10.2 Å². The van der Waals surface area contributed by atoms with Crippen LogP contribution in [0.5, 0.6) is 0 Å². The smallest absolute Gasteiger partial charge is 0.203 e. The molecule has 0 bridgehead atoms. The second kappa shape index (κ2) is 8.87. The molecule has 1 aromatic carbocycles. The van der Waals surface area contributed by atoms with Gasteiger partial charge in [0.25, 0.3) is 0 Å². The summed E-state index contributed by atoms with van der Waals surface area (Å²) in [5, 5.41) is 12.9. The van der Waals surface area contributed by atoms with Crippen LogP contribution in [0.15, 0.2) is 54.2 Å². The van der Waals surface area contributed by atoms with E-state index in [9.17, 15) is 5.11 Å². The molecule has 2 heterocycles. The summed E-state index contributed by atoms with van der Waals surface area (Å²) >= 11 is 0. The maximum atomic E-state index is 9.51. The number of rotatable bonds is 6. The van der Waals surface area contributed by atoms with Crippen molar-refractivity contribution >= 4 is 17.3 Å². The molecular formula is C20H29N5O. The number of hydrogen-bond acceptors (Lipinski definition) is 6. The Kier molecular flexibility index (Phi) is 6.30. The molecule has 3 rings (SSSR count). The summed E-state index contributed by atoms with van der Waals surface area (Å²) in [6.45, 7) is 8.66. The van der Waals surface area contributed by atoms with Gasteiger partial charge >= 0.3 is 0 Å². The predicted molar refractivity (Wildman–Crippen MR) is 109 cm³/mol. The number of likely N-dealkylation sites (N-methyl/N-ethyl adjacent to an activating group) is 1. The first-order valence-electron chi connectivity index (χ1n) is 9.25. The average molecular weight is 355 g/mol. The van der Waals surface area contributed by atoms with Crippen molar-refractivity contribution in [3.05, 3.63) is 49.2 Å². The van der Waals surface area contributed by atoms with Gasteiger partial charge in [-0.2, -0.15) is 0 Å². The zero-order chi connectivity index (χ0) is 18.4. The zero-order valence-electron chi connectivity index (χ0n) is 15.5. The molecule has 1 atom stereocenters. The van der Waals surface area contributed by atoms with Gasteiger partial charge in [0.2, 0.25) is 5.96 Å². The Balaban J connectivity index is 1.73. The minimum atomic E-state index is 0.0662. The molecule has 1 saturated heterocycles. The fourth-order valence-corrected chi connectivity index (χ4v) is 3.30. The summed E-state index contributed by atoms with van der Waals surface area (Å²) in [5.41, 5.74) is 2.27. The maximum absolute atomic E-state index is 9.51. The van der Waals surface area contributed by atoms with E-state index in [-0.39, 0.29) is 12.6 Å². The van der Waals surface area contributed by atoms with Crippen molar-refractivity contribution in [2.75, 3.05) is 56.2 Å². The highest BCUT2D eigenvalue weighted by Gasteiger charge is 2.19. The van der Waals surface area contributed by atoms with Gasteiger partial charge in [0.15, 0.2) is 0 Å². The number of aliphatic hydroxyl groups is 1. The first kappa shape index (κ1) is 18.5. The van der Waals surface area contributed by atoms with Crippen LogP contribution in [0.1, 0.15) is 6.42 Å². The topological polar surface area (TPSA) is 54.3 Å². The van der Waals surface area contributed by atoms with Crippen LogP contribution in [-0.2, 0) is 0 Å². The van der Waals surface area contributed by atoms with E-state index in [2.05, 4.69) is 58.0 Å². The Morgan fingerprint density at radius 3 is 2.65 bits per heavy atom. The van der Waals surface area contributed by atoms with Crippen molar-refractivity contribution < 1.29 is 5.11 Å². The van der Waals surface area contributed by atoms with Gasteiger partial charge in [-0.3, -0.25) is 0 Å². The Morgan fingerprint density at radius 1 is 1.27 bits per heavy atom. The molecule has 2 aliphatic heterocycles. The lowest BCUT2D eigenvalue weighted by Crippen LogP contribution is -2.48. The molecule has 0 amide bonds. The van der Waals surface area contributed by atoms with E-state index in [1.165, 1.54) is 5.69 Å². The lowest BCUT2D eigenvalue weighted by Gasteiger charge is -2.34. The summed E-state index contributed by atoms with van der Waals surface area (Å²) in [5.74, 6) is 0.765. The van der Waals surface area contributed by atoms with Crippen LogP contribution >= 0.6 is 0 Å². The Bertz CT molecular complexity index is 647. The molecule has 0 aromatic heterocycles. The minimum absolute atomic E-state index is 0.0662. The summed E-state index contributed by atoms with van der Waals surface area (Å²) in [6.07, 6.45) is 6.58. The molecule has 26 heavy (non-hydrogen) atoms. The monoisotopic (exact) mass is 355 g/mol. The highest BCUT2D eigenvalue weighted by molar-refractivity contribution is 5.97. The summed E-state index contributed by atoms with van der Waals surface area (Å²) in [6, 6.07) is 8.71. The first-order chi connectivity index (χ1) is 12.7. The quantitative estimate of drug-likeness (QED) is 0.760. The van der Waals surface area contributed by atoms with Crippen LogP contribution in [0.25, 0.3) is 0 Å². The summed E-state index contributed by atoms with van der Waals surface area (Å²) in [7, 11) is 2.17. The third kappa shape index (κ3) is 4.45. The van der Waals surface area contributed by atoms with Crippen LogP contribution in [0.3, 0.4) is 0 Å². The molecule has 6 nitrogen and oxygen atoms in total. The second-order valence-corrected chi connectivity index (χ2v) is 6.75. The summed E-state index contributed by atoms with van der Waals surface area (Å²) in [4.78, 5) is 11.3. The van der Waals surface area contributed by atoms with Gasteiger partial charge in [-0.15, -0.1) is 6.58 Å². The van der Waals surface area contributed by atoms with Crippen LogP contribution in [-0.4, -0.2) is 68.4 Å². The molecule has 0 saturated carbocycles. The van der Waals surface area contributed by atoms with E-state index in [1.807, 2.05) is 23.3 Å². The third-order valence-corrected chi connectivity index (χ3v) is 4.86. The predicted octanol–water partition coefficient (Wildman–Crippen LogP) is 1.65. The molecule has 0 spiro atoms. The molecule has 140 valence electrons. The Hall–Kier alpha value is -2.31. The van der Waals surface area contributed by atoms with E-state index < -0.39 is 0 Å². The maximum Gasteiger partial charge on any atom is 0.203 e. The van der Waals surface area contributed by atoms with Crippen molar-refractivity contribution in [3.63, 3.8) is 0 Å². The van der Waals surface area contributed by atoms with Crippen LogP contribution < -0.4 is 15.1 Å². The number of aliphatic imine (C=N–C) groups is 1. The van der Waals surface area contributed by atoms with Gasteiger partial charge in [-0.05, 0) is 43.8 Å². The molecule has 1 aromatic rings. The lowest BCUT2D eigenvalue weighted by atomic mass is 10.2. The van der Waals surface area contributed by atoms with E-state index >= 15 is 0 Å². The van der Waals surface area contributed by atoms with Gasteiger partial charge in [-0.1, -0.05) is 6.08 Å². The van der Waals surface area contributed by atoms with Gasteiger partial charge in [0.05, 0.1) is 12.6 Å². The number of nitrogens with one attached hydrogen (secondary N) is 1. The molecule has 2 aliphatic rings. The Labute approximate surface area is 156 Å². The fourth-order valence-electron chi connectivity index (χ4n) is 3.30. The van der Waals surface area contributed by atoms with Crippen molar-refractivity contribution in [2.45, 2.75) is 12.5 Å². The van der Waals surface area contributed by atoms with Crippen molar-refractivity contribution in [2.24, 2.45) is 4.99 Å². The van der Waals surface area contributed by atoms with Gasteiger partial charge < -0.3 is 25.1 Å². The number of nitrogens with zero attached hydrogens (tertiary/aromatic N) is 4. The Morgan fingerprint density at radius 2 is 2.00 bits per heavy atom. The van der Waals surface area contributed by atoms with E-state index in [4.69, 9.17) is 0 Å². The molecule has 1 unspecified atom stereocenters. The van der Waals surface area contributed by atoms with Crippen LogP contribution in [0.4, 0.5) is 11.4 Å². The van der Waals surface area contributed by atoms with Gasteiger partial charge in [0.1, 0.15) is 0 Å². The third-order valence-electron chi connectivity index (χ3n) is 4.86. The number of aliphatic hydroxyl groups excluding tert-OH is 1. The van der Waals surface area contributed by atoms with E-state index in [0.29, 0.717) is 6.54 Å². The van der Waals surface area contributed by atoms with Crippen molar-refractivity contribution in [1.29, 1.82) is 0 Å². The lowest BCUT2D eigenvalue weighted by molar-refractivity contribution is 0.306. The number of benzene rings is 1.